The Bertz CT molecular complexity index is 888. The molecule has 2 amide bonds. The number of hydrogen-bond acceptors (Lipinski definition) is 7. The lowest BCUT2D eigenvalue weighted by atomic mass is 9.77. The molecule has 3 aliphatic heterocycles. The van der Waals surface area contributed by atoms with Gasteiger partial charge in [0.05, 0.1) is 43.3 Å². The topological polar surface area (TPSA) is 96.9 Å². The maximum Gasteiger partial charge on any atom is 0.246 e. The summed E-state index contributed by atoms with van der Waals surface area (Å²) in [6.45, 7) is 2.53. The number of likely N-dealkylation sites (tertiary alicyclic amines) is 1. The number of nitrogens with one attached hydrogen (secondary N) is 1. The minimum Gasteiger partial charge on any atom is -0.376 e. The number of amides is 2. The summed E-state index contributed by atoms with van der Waals surface area (Å²) < 4.78 is 38.5. The molecule has 1 aromatic heterocycles. The Morgan fingerprint density at radius 2 is 1.97 bits per heavy atom. The van der Waals surface area contributed by atoms with Crippen LogP contribution in [0.15, 0.2) is 12.4 Å². The summed E-state index contributed by atoms with van der Waals surface area (Å²) in [5.41, 5.74) is -0.690. The first-order chi connectivity index (χ1) is 16.4. The lowest BCUT2D eigenvalue weighted by Crippen LogP contribution is -2.72. The van der Waals surface area contributed by atoms with Gasteiger partial charge in [-0.15, -0.1) is 0 Å². The molecule has 2 unspecified atom stereocenters. The predicted molar refractivity (Wildman–Crippen MR) is 117 cm³/mol. The fourth-order valence-electron chi connectivity index (χ4n) is 5.59. The van der Waals surface area contributed by atoms with Gasteiger partial charge in [-0.1, -0.05) is 0 Å². The highest BCUT2D eigenvalue weighted by atomic mass is 19.1. The van der Waals surface area contributed by atoms with Crippen LogP contribution in [0, 0.1) is 11.7 Å². The zero-order valence-electron chi connectivity index (χ0n) is 19.1. The predicted octanol–water partition coefficient (Wildman–Crippen LogP) is 1.23. The fourth-order valence-corrected chi connectivity index (χ4v) is 5.59. The van der Waals surface area contributed by atoms with Gasteiger partial charge in [0.2, 0.25) is 17.8 Å². The number of rotatable bonds is 5. The Morgan fingerprint density at radius 1 is 1.24 bits per heavy atom. The Balaban J connectivity index is 1.24. The number of ether oxygens (including phenoxy) is 2. The number of morpholine rings is 1. The number of carbonyl (C=O) groups is 2. The van der Waals surface area contributed by atoms with Gasteiger partial charge >= 0.3 is 0 Å². The van der Waals surface area contributed by atoms with Crippen molar-refractivity contribution >= 4 is 17.8 Å². The Kier molecular flexibility index (Phi) is 6.65. The van der Waals surface area contributed by atoms with Crippen LogP contribution in [0.1, 0.15) is 38.5 Å². The summed E-state index contributed by atoms with van der Waals surface area (Å²) in [5, 5.41) is 3.10. The third-order valence-electron chi connectivity index (χ3n) is 7.55. The molecule has 34 heavy (non-hydrogen) atoms. The van der Waals surface area contributed by atoms with E-state index in [1.54, 1.807) is 4.90 Å². The molecule has 1 aromatic rings. The van der Waals surface area contributed by atoms with Crippen LogP contribution in [0.25, 0.3) is 0 Å². The van der Waals surface area contributed by atoms with E-state index in [9.17, 15) is 18.4 Å². The van der Waals surface area contributed by atoms with E-state index >= 15 is 0 Å². The van der Waals surface area contributed by atoms with Crippen LogP contribution in [0.3, 0.4) is 0 Å². The first kappa shape index (κ1) is 23.3. The third kappa shape index (κ3) is 4.72. The zero-order valence-corrected chi connectivity index (χ0v) is 19.1. The largest absolute Gasteiger partial charge is 0.376 e. The van der Waals surface area contributed by atoms with E-state index in [0.717, 1.165) is 31.7 Å². The Hall–Kier alpha value is -2.40. The second-order valence-corrected chi connectivity index (χ2v) is 9.83. The van der Waals surface area contributed by atoms with Gasteiger partial charge in [0.25, 0.3) is 0 Å². The molecule has 2 atom stereocenters. The minimum atomic E-state index is -0.907. The molecule has 9 nitrogen and oxygen atoms in total. The molecule has 3 saturated heterocycles. The van der Waals surface area contributed by atoms with Gasteiger partial charge in [-0.2, -0.15) is 0 Å². The summed E-state index contributed by atoms with van der Waals surface area (Å²) in [7, 11) is 0. The molecule has 4 fully saturated rings. The van der Waals surface area contributed by atoms with E-state index in [0.29, 0.717) is 38.6 Å². The highest BCUT2D eigenvalue weighted by Gasteiger charge is 2.51. The molecule has 0 radical (unpaired) electrons. The van der Waals surface area contributed by atoms with E-state index in [1.165, 1.54) is 0 Å². The van der Waals surface area contributed by atoms with Gasteiger partial charge in [-0.05, 0) is 38.5 Å². The molecule has 1 spiro atoms. The van der Waals surface area contributed by atoms with Crippen molar-refractivity contribution in [2.45, 2.75) is 62.4 Å². The summed E-state index contributed by atoms with van der Waals surface area (Å²) in [5.74, 6) is -0.510. The molecule has 1 aliphatic carbocycles. The first-order valence-electron chi connectivity index (χ1n) is 12.1. The van der Waals surface area contributed by atoms with Crippen molar-refractivity contribution < 1.29 is 27.8 Å². The quantitative estimate of drug-likeness (QED) is 0.679. The summed E-state index contributed by atoms with van der Waals surface area (Å²) >= 11 is 0. The van der Waals surface area contributed by atoms with Crippen molar-refractivity contribution in [3.8, 4) is 0 Å². The van der Waals surface area contributed by atoms with Crippen molar-refractivity contribution in [2.24, 2.45) is 5.92 Å². The van der Waals surface area contributed by atoms with Crippen LogP contribution in [-0.4, -0.2) is 90.0 Å². The van der Waals surface area contributed by atoms with Crippen molar-refractivity contribution in [1.29, 1.82) is 0 Å². The van der Waals surface area contributed by atoms with Crippen LogP contribution >= 0.6 is 0 Å². The average Bonchev–Trinajstić information content (AvgIpc) is 2.81. The zero-order chi connectivity index (χ0) is 23.7. The lowest BCUT2D eigenvalue weighted by molar-refractivity contribution is -0.160. The van der Waals surface area contributed by atoms with Crippen LogP contribution < -0.4 is 10.2 Å². The van der Waals surface area contributed by atoms with E-state index in [4.69, 9.17) is 9.47 Å². The van der Waals surface area contributed by atoms with Crippen molar-refractivity contribution in [3.63, 3.8) is 0 Å². The minimum absolute atomic E-state index is 0.0132. The summed E-state index contributed by atoms with van der Waals surface area (Å²) in [6.07, 6.45) is 4.85. The van der Waals surface area contributed by atoms with Gasteiger partial charge in [-0.25, -0.2) is 18.7 Å². The Labute approximate surface area is 197 Å². The van der Waals surface area contributed by atoms with Crippen LogP contribution in [0.2, 0.25) is 0 Å². The number of anilines is 1. The highest BCUT2D eigenvalue weighted by molar-refractivity contribution is 5.82. The molecule has 0 bridgehead atoms. The molecule has 5 rings (SSSR count). The van der Waals surface area contributed by atoms with Crippen LogP contribution in [0.4, 0.5) is 14.7 Å². The molecule has 186 valence electrons. The van der Waals surface area contributed by atoms with Crippen LogP contribution in [0.5, 0.6) is 0 Å². The standard InChI is InChI=1S/C23H31F2N5O4/c24-16-8-15(9-16)21(32)30-5-1-4-23(14-33-13-20(31)28-23)19(30)12-34-18-2-6-29(7-3-18)22-26-10-17(25)11-27-22/h10-11,15-16,18-19H,1-9,12-14H2,(H,28,31). The average molecular weight is 480 g/mol. The molecule has 11 heteroatoms. The first-order valence-corrected chi connectivity index (χ1v) is 12.1. The molecule has 4 aliphatic rings. The van der Waals surface area contributed by atoms with E-state index in [2.05, 4.69) is 15.3 Å². The number of carbonyl (C=O) groups excluding carboxylic acids is 2. The smallest absolute Gasteiger partial charge is 0.246 e. The molecule has 1 N–H and O–H groups in total. The number of piperidine rings is 2. The maximum absolute atomic E-state index is 13.5. The lowest BCUT2D eigenvalue weighted by Gasteiger charge is -2.52. The number of nitrogens with zero attached hydrogens (tertiary/aromatic N) is 4. The molecule has 1 saturated carbocycles. The number of alkyl halides is 1. The SMILES string of the molecule is O=C1COCC2(CCCN(C(=O)C3CC(F)C3)C2COC2CCN(c3ncc(F)cn3)CC2)N1. The summed E-state index contributed by atoms with van der Waals surface area (Å²) in [4.78, 5) is 37.3. The van der Waals surface area contributed by atoms with Crippen molar-refractivity contribution in [1.82, 2.24) is 20.2 Å². The van der Waals surface area contributed by atoms with Crippen LogP contribution in [-0.2, 0) is 19.1 Å². The van der Waals surface area contributed by atoms with Gasteiger partial charge < -0.3 is 24.6 Å². The second kappa shape index (κ2) is 9.69. The van der Waals surface area contributed by atoms with Gasteiger partial charge in [-0.3, -0.25) is 9.59 Å². The maximum atomic E-state index is 13.5. The molecular weight excluding hydrogens is 448 g/mol. The van der Waals surface area contributed by atoms with E-state index < -0.39 is 17.5 Å². The van der Waals surface area contributed by atoms with Gasteiger partial charge in [0.15, 0.2) is 5.82 Å². The molecular formula is C23H31F2N5O4. The normalized spacial score (nSPS) is 32.4. The summed E-state index contributed by atoms with van der Waals surface area (Å²) in [6, 6.07) is -0.366. The Morgan fingerprint density at radius 3 is 2.65 bits per heavy atom. The van der Waals surface area contributed by atoms with Gasteiger partial charge in [0.1, 0.15) is 12.8 Å². The molecule has 4 heterocycles. The van der Waals surface area contributed by atoms with Crippen molar-refractivity contribution in [3.05, 3.63) is 18.2 Å². The monoisotopic (exact) mass is 479 g/mol. The number of halogens is 2. The number of hydrogen-bond donors (Lipinski definition) is 1. The van der Waals surface area contributed by atoms with Crippen molar-refractivity contribution in [2.75, 3.05) is 44.4 Å². The van der Waals surface area contributed by atoms with Gasteiger partial charge in [0, 0.05) is 25.6 Å². The van der Waals surface area contributed by atoms with E-state index in [1.807, 2.05) is 4.90 Å². The molecule has 0 aromatic carbocycles. The number of aromatic nitrogens is 2. The van der Waals surface area contributed by atoms with E-state index in [-0.39, 0.29) is 55.9 Å². The fraction of sp³-hybridized carbons (Fsp3) is 0.739. The second-order valence-electron chi connectivity index (χ2n) is 9.83. The third-order valence-corrected chi connectivity index (χ3v) is 7.55. The highest BCUT2D eigenvalue weighted by Crippen LogP contribution is 2.37.